The lowest BCUT2D eigenvalue weighted by Gasteiger charge is -2.20. The average Bonchev–Trinajstić information content (AvgIpc) is 2.43. The van der Waals surface area contributed by atoms with Crippen molar-refractivity contribution in [2.45, 2.75) is 37.4 Å². The molecule has 0 heterocycles. The van der Waals surface area contributed by atoms with Gasteiger partial charge in [0, 0.05) is 0 Å². The maximum absolute atomic E-state index is 12.6. The van der Waals surface area contributed by atoms with Gasteiger partial charge in [0.1, 0.15) is 6.04 Å². The van der Waals surface area contributed by atoms with Crippen LogP contribution in [0.3, 0.4) is 0 Å². The van der Waals surface area contributed by atoms with E-state index < -0.39 is 44.6 Å². The SMILES string of the molecule is CC[C@@H](C)[C@H](NS(=O)(=O)c1cccc(C(F)(F)F)c1)C(=O)O. The van der Waals surface area contributed by atoms with Crippen LogP contribution in [-0.2, 0) is 21.0 Å². The van der Waals surface area contributed by atoms with Gasteiger partial charge < -0.3 is 5.11 Å². The third-order valence-corrected chi connectivity index (χ3v) is 4.67. The van der Waals surface area contributed by atoms with E-state index in [0.717, 1.165) is 18.2 Å². The molecule has 22 heavy (non-hydrogen) atoms. The van der Waals surface area contributed by atoms with E-state index in [0.29, 0.717) is 12.5 Å². The molecule has 0 aliphatic carbocycles. The summed E-state index contributed by atoms with van der Waals surface area (Å²) in [7, 11) is -4.37. The Labute approximate surface area is 126 Å². The van der Waals surface area contributed by atoms with Crippen molar-refractivity contribution in [1.29, 1.82) is 0 Å². The number of halogens is 3. The lowest BCUT2D eigenvalue weighted by atomic mass is 10.0. The van der Waals surface area contributed by atoms with Crippen LogP contribution < -0.4 is 4.72 Å². The van der Waals surface area contributed by atoms with Crippen molar-refractivity contribution >= 4 is 16.0 Å². The molecule has 0 saturated carbocycles. The second-order valence-corrected chi connectivity index (χ2v) is 6.56. The molecule has 0 amide bonds. The van der Waals surface area contributed by atoms with Crippen molar-refractivity contribution < 1.29 is 31.5 Å². The fraction of sp³-hybridized carbons (Fsp3) is 0.462. The van der Waals surface area contributed by atoms with Crippen LogP contribution in [0.4, 0.5) is 13.2 Å². The van der Waals surface area contributed by atoms with Crippen LogP contribution in [0, 0.1) is 5.92 Å². The molecule has 0 spiro atoms. The Kier molecular flexibility index (Phi) is 5.58. The van der Waals surface area contributed by atoms with Crippen molar-refractivity contribution in [2.75, 3.05) is 0 Å². The number of aliphatic carboxylic acids is 1. The minimum absolute atomic E-state index is 0.391. The Hall–Kier alpha value is -1.61. The predicted octanol–water partition coefficient (Wildman–Crippen LogP) is 2.48. The first-order valence-corrected chi connectivity index (χ1v) is 7.89. The van der Waals surface area contributed by atoms with Crippen LogP contribution in [0.2, 0.25) is 0 Å². The molecule has 5 nitrogen and oxygen atoms in total. The zero-order chi connectivity index (χ0) is 17.1. The summed E-state index contributed by atoms with van der Waals surface area (Å²) in [4.78, 5) is 10.5. The van der Waals surface area contributed by atoms with E-state index >= 15 is 0 Å². The summed E-state index contributed by atoms with van der Waals surface area (Å²) in [5.41, 5.74) is -1.12. The van der Waals surface area contributed by atoms with Crippen molar-refractivity contribution in [1.82, 2.24) is 4.72 Å². The zero-order valence-electron chi connectivity index (χ0n) is 11.9. The molecule has 0 saturated heterocycles. The highest BCUT2D eigenvalue weighted by atomic mass is 32.2. The minimum Gasteiger partial charge on any atom is -0.480 e. The molecule has 0 aromatic heterocycles. The molecule has 1 rings (SSSR count). The normalized spacial score (nSPS) is 15.3. The lowest BCUT2D eigenvalue weighted by molar-refractivity contribution is -0.140. The number of carboxylic acids is 1. The van der Waals surface area contributed by atoms with Crippen LogP contribution in [0.25, 0.3) is 0 Å². The van der Waals surface area contributed by atoms with E-state index in [2.05, 4.69) is 0 Å². The third kappa shape index (κ3) is 4.44. The third-order valence-electron chi connectivity index (χ3n) is 3.23. The number of hydrogen-bond acceptors (Lipinski definition) is 3. The molecule has 2 N–H and O–H groups in total. The van der Waals surface area contributed by atoms with Gasteiger partial charge in [0.25, 0.3) is 0 Å². The molecule has 9 heteroatoms. The minimum atomic E-state index is -4.69. The summed E-state index contributed by atoms with van der Waals surface area (Å²) in [5, 5.41) is 9.06. The second-order valence-electron chi connectivity index (χ2n) is 4.85. The van der Waals surface area contributed by atoms with Crippen molar-refractivity contribution in [2.24, 2.45) is 5.92 Å². The summed E-state index contributed by atoms with van der Waals surface area (Å²) in [6.45, 7) is 3.21. The molecule has 0 unspecified atom stereocenters. The Balaban J connectivity index is 3.16. The molecular formula is C13H16F3NO4S. The first-order valence-electron chi connectivity index (χ1n) is 6.41. The largest absolute Gasteiger partial charge is 0.480 e. The molecule has 1 aromatic carbocycles. The monoisotopic (exact) mass is 339 g/mol. The Morgan fingerprint density at radius 1 is 1.36 bits per heavy atom. The number of benzene rings is 1. The molecular weight excluding hydrogens is 323 g/mol. The van der Waals surface area contributed by atoms with Gasteiger partial charge in [0.15, 0.2) is 0 Å². The van der Waals surface area contributed by atoms with Gasteiger partial charge in [-0.1, -0.05) is 26.3 Å². The van der Waals surface area contributed by atoms with Crippen LogP contribution in [0.5, 0.6) is 0 Å². The fourth-order valence-corrected chi connectivity index (χ4v) is 3.06. The van der Waals surface area contributed by atoms with E-state index in [9.17, 15) is 26.4 Å². The lowest BCUT2D eigenvalue weighted by Crippen LogP contribution is -2.44. The van der Waals surface area contributed by atoms with Gasteiger partial charge in [0.05, 0.1) is 10.5 Å². The summed E-state index contributed by atoms with van der Waals surface area (Å²) < 4.78 is 64.0. The van der Waals surface area contributed by atoms with E-state index in [4.69, 9.17) is 5.11 Å². The van der Waals surface area contributed by atoms with E-state index in [1.165, 1.54) is 6.92 Å². The molecule has 0 bridgehead atoms. The second kappa shape index (κ2) is 6.66. The number of carboxylic acid groups (broad SMARTS) is 1. The number of nitrogens with one attached hydrogen (secondary N) is 1. The van der Waals surface area contributed by atoms with E-state index in [1.54, 1.807) is 6.92 Å². The highest BCUT2D eigenvalue weighted by molar-refractivity contribution is 7.89. The van der Waals surface area contributed by atoms with Gasteiger partial charge in [-0.15, -0.1) is 0 Å². The number of alkyl halides is 3. The summed E-state index contributed by atoms with van der Waals surface area (Å²) >= 11 is 0. The first-order chi connectivity index (χ1) is 9.99. The van der Waals surface area contributed by atoms with E-state index in [-0.39, 0.29) is 0 Å². The van der Waals surface area contributed by atoms with Gasteiger partial charge in [-0.2, -0.15) is 17.9 Å². The van der Waals surface area contributed by atoms with Gasteiger partial charge in [-0.25, -0.2) is 8.42 Å². The van der Waals surface area contributed by atoms with Gasteiger partial charge in [0.2, 0.25) is 10.0 Å². The van der Waals surface area contributed by atoms with Crippen molar-refractivity contribution in [3.63, 3.8) is 0 Å². The number of sulfonamides is 1. The van der Waals surface area contributed by atoms with Crippen LogP contribution in [-0.4, -0.2) is 25.5 Å². The highest BCUT2D eigenvalue weighted by Crippen LogP contribution is 2.30. The molecule has 2 atom stereocenters. The molecule has 0 aliphatic heterocycles. The maximum Gasteiger partial charge on any atom is 0.416 e. The van der Waals surface area contributed by atoms with Crippen molar-refractivity contribution in [3.8, 4) is 0 Å². The van der Waals surface area contributed by atoms with Gasteiger partial charge in [-0.3, -0.25) is 4.79 Å². The maximum atomic E-state index is 12.6. The first kappa shape index (κ1) is 18.4. The average molecular weight is 339 g/mol. The summed E-state index contributed by atoms with van der Waals surface area (Å²) in [6.07, 6.45) is -4.30. The Morgan fingerprint density at radius 2 is 1.95 bits per heavy atom. The van der Waals surface area contributed by atoms with Crippen LogP contribution in [0.1, 0.15) is 25.8 Å². The summed E-state index contributed by atoms with van der Waals surface area (Å²) in [6, 6.07) is 1.73. The predicted molar refractivity (Wildman–Crippen MR) is 72.6 cm³/mol. The zero-order valence-corrected chi connectivity index (χ0v) is 12.7. The van der Waals surface area contributed by atoms with Gasteiger partial charge >= 0.3 is 12.1 Å². The summed E-state index contributed by atoms with van der Waals surface area (Å²) in [5.74, 6) is -1.90. The molecule has 1 aromatic rings. The van der Waals surface area contributed by atoms with Gasteiger partial charge in [-0.05, 0) is 24.1 Å². The molecule has 124 valence electrons. The van der Waals surface area contributed by atoms with Crippen LogP contribution >= 0.6 is 0 Å². The van der Waals surface area contributed by atoms with Crippen LogP contribution in [0.15, 0.2) is 29.2 Å². The highest BCUT2D eigenvalue weighted by Gasteiger charge is 2.33. The fourth-order valence-electron chi connectivity index (χ4n) is 1.72. The Morgan fingerprint density at radius 3 is 2.41 bits per heavy atom. The standard InChI is InChI=1S/C13H16F3NO4S/c1-3-8(2)11(12(18)19)17-22(20,21)10-6-4-5-9(7-10)13(14,15)16/h4-8,11,17H,3H2,1-2H3,(H,18,19)/t8-,11+/m1/s1. The smallest absolute Gasteiger partial charge is 0.416 e. The number of carbonyl (C=O) groups is 1. The van der Waals surface area contributed by atoms with Crippen molar-refractivity contribution in [3.05, 3.63) is 29.8 Å². The topological polar surface area (TPSA) is 83.5 Å². The Bertz CT molecular complexity index is 643. The molecule has 0 fully saturated rings. The number of hydrogen-bond donors (Lipinski definition) is 2. The quantitative estimate of drug-likeness (QED) is 0.834. The molecule has 0 radical (unpaired) electrons. The van der Waals surface area contributed by atoms with E-state index in [1.807, 2.05) is 4.72 Å². The number of rotatable bonds is 6. The molecule has 0 aliphatic rings.